The summed E-state index contributed by atoms with van der Waals surface area (Å²) < 4.78 is 18.1. The molecule has 2 nitrogen and oxygen atoms in total. The van der Waals surface area contributed by atoms with E-state index in [0.29, 0.717) is 18.4 Å². The number of hydrogen-bond acceptors (Lipinski definition) is 2. The van der Waals surface area contributed by atoms with Crippen molar-refractivity contribution in [2.24, 2.45) is 0 Å². The van der Waals surface area contributed by atoms with Gasteiger partial charge in [0.05, 0.1) is 12.4 Å². The maximum atomic E-state index is 12.9. The molecular formula is C13H13FO2. The molecule has 1 aromatic carbocycles. The van der Waals surface area contributed by atoms with Crippen LogP contribution in [0.25, 0.3) is 0 Å². The molecule has 1 N–H and O–H groups in total. The maximum absolute atomic E-state index is 12.9. The Kier molecular flexibility index (Phi) is 3.37. The lowest BCUT2D eigenvalue weighted by molar-refractivity contribution is 0.165. The van der Waals surface area contributed by atoms with Gasteiger partial charge in [-0.25, -0.2) is 4.39 Å². The third-order valence-corrected chi connectivity index (χ3v) is 2.48. The largest absolute Gasteiger partial charge is 0.469 e. The van der Waals surface area contributed by atoms with Crippen LogP contribution in [0.3, 0.4) is 0 Å². The average molecular weight is 220 g/mol. The molecular weight excluding hydrogens is 207 g/mol. The first-order valence-corrected chi connectivity index (χ1v) is 5.21. The Morgan fingerprint density at radius 1 is 1.25 bits per heavy atom. The lowest BCUT2D eigenvalue weighted by Crippen LogP contribution is -1.99. The van der Waals surface area contributed by atoms with E-state index < -0.39 is 6.10 Å². The van der Waals surface area contributed by atoms with Crippen molar-refractivity contribution in [2.45, 2.75) is 18.9 Å². The van der Waals surface area contributed by atoms with Crippen LogP contribution in [-0.4, -0.2) is 5.11 Å². The predicted octanol–water partition coefficient (Wildman–Crippen LogP) is 3.08. The highest BCUT2D eigenvalue weighted by Gasteiger charge is 2.09. The van der Waals surface area contributed by atoms with Gasteiger partial charge in [-0.3, -0.25) is 0 Å². The summed E-state index contributed by atoms with van der Waals surface area (Å²) >= 11 is 0. The van der Waals surface area contributed by atoms with Gasteiger partial charge < -0.3 is 9.52 Å². The fraction of sp³-hybridized carbons (Fsp3) is 0.231. The normalized spacial score (nSPS) is 12.6. The summed E-state index contributed by atoms with van der Waals surface area (Å²) in [5, 5.41) is 9.84. The van der Waals surface area contributed by atoms with Gasteiger partial charge in [0.2, 0.25) is 0 Å². The van der Waals surface area contributed by atoms with Gasteiger partial charge in [-0.2, -0.15) is 0 Å². The Morgan fingerprint density at radius 2 is 2.12 bits per heavy atom. The Morgan fingerprint density at radius 3 is 2.81 bits per heavy atom. The molecule has 16 heavy (non-hydrogen) atoms. The summed E-state index contributed by atoms with van der Waals surface area (Å²) in [4.78, 5) is 0. The van der Waals surface area contributed by atoms with E-state index in [1.807, 2.05) is 12.1 Å². The van der Waals surface area contributed by atoms with E-state index >= 15 is 0 Å². The van der Waals surface area contributed by atoms with Gasteiger partial charge in [0.15, 0.2) is 0 Å². The molecule has 0 saturated carbocycles. The first-order valence-electron chi connectivity index (χ1n) is 5.21. The second-order valence-electron chi connectivity index (χ2n) is 3.69. The van der Waals surface area contributed by atoms with Crippen molar-refractivity contribution in [3.8, 4) is 0 Å². The van der Waals surface area contributed by atoms with E-state index in [1.54, 1.807) is 18.4 Å². The maximum Gasteiger partial charge on any atom is 0.123 e. The minimum Gasteiger partial charge on any atom is -0.469 e. The zero-order valence-corrected chi connectivity index (χ0v) is 8.77. The summed E-state index contributed by atoms with van der Waals surface area (Å²) in [5.41, 5.74) is 0.603. The Hall–Kier alpha value is -1.61. The molecule has 0 amide bonds. The second kappa shape index (κ2) is 4.94. The highest BCUT2D eigenvalue weighted by molar-refractivity contribution is 5.18. The number of aliphatic hydroxyl groups is 1. The molecule has 2 rings (SSSR count). The molecule has 0 spiro atoms. The monoisotopic (exact) mass is 220 g/mol. The van der Waals surface area contributed by atoms with Gasteiger partial charge in [-0.1, -0.05) is 12.1 Å². The van der Waals surface area contributed by atoms with E-state index in [1.165, 1.54) is 12.1 Å². The lowest BCUT2D eigenvalue weighted by atomic mass is 10.0. The van der Waals surface area contributed by atoms with Gasteiger partial charge >= 0.3 is 0 Å². The van der Waals surface area contributed by atoms with Crippen molar-refractivity contribution in [3.05, 3.63) is 59.8 Å². The summed E-state index contributed by atoms with van der Waals surface area (Å²) in [6, 6.07) is 9.70. The van der Waals surface area contributed by atoms with Crippen molar-refractivity contribution in [3.63, 3.8) is 0 Å². The quantitative estimate of drug-likeness (QED) is 0.858. The number of rotatable bonds is 4. The van der Waals surface area contributed by atoms with Crippen LogP contribution in [0, 0.1) is 5.82 Å². The molecule has 0 fully saturated rings. The SMILES string of the molecule is OC(CCc1ccco1)c1cccc(F)c1. The molecule has 0 saturated heterocycles. The fourth-order valence-electron chi connectivity index (χ4n) is 1.61. The van der Waals surface area contributed by atoms with Gasteiger partial charge in [-0.05, 0) is 36.2 Å². The van der Waals surface area contributed by atoms with Crippen LogP contribution in [0.4, 0.5) is 4.39 Å². The predicted molar refractivity (Wildman–Crippen MR) is 58.4 cm³/mol. The van der Waals surface area contributed by atoms with Crippen molar-refractivity contribution in [1.29, 1.82) is 0 Å². The van der Waals surface area contributed by atoms with E-state index in [9.17, 15) is 9.50 Å². The molecule has 2 aromatic rings. The Bertz CT molecular complexity index is 437. The fourth-order valence-corrected chi connectivity index (χ4v) is 1.61. The van der Waals surface area contributed by atoms with Crippen LogP contribution in [0.15, 0.2) is 47.1 Å². The number of halogens is 1. The molecule has 84 valence electrons. The van der Waals surface area contributed by atoms with Crippen molar-refractivity contribution < 1.29 is 13.9 Å². The van der Waals surface area contributed by atoms with Crippen molar-refractivity contribution in [1.82, 2.24) is 0 Å². The van der Waals surface area contributed by atoms with Crippen LogP contribution in [-0.2, 0) is 6.42 Å². The number of aryl methyl sites for hydroxylation is 1. The van der Waals surface area contributed by atoms with E-state index in [0.717, 1.165) is 5.76 Å². The zero-order valence-electron chi connectivity index (χ0n) is 8.77. The molecule has 0 radical (unpaired) electrons. The average Bonchev–Trinajstić information content (AvgIpc) is 2.78. The van der Waals surface area contributed by atoms with Gasteiger partial charge in [-0.15, -0.1) is 0 Å². The minimum atomic E-state index is -0.652. The third kappa shape index (κ3) is 2.70. The molecule has 3 heteroatoms. The molecule has 1 heterocycles. The first-order chi connectivity index (χ1) is 7.75. The van der Waals surface area contributed by atoms with Crippen molar-refractivity contribution in [2.75, 3.05) is 0 Å². The van der Waals surface area contributed by atoms with E-state index in [4.69, 9.17) is 4.42 Å². The summed E-state index contributed by atoms with van der Waals surface area (Å²) in [6.45, 7) is 0. The molecule has 1 aromatic heterocycles. The third-order valence-electron chi connectivity index (χ3n) is 2.48. The van der Waals surface area contributed by atoms with Gasteiger partial charge in [0.25, 0.3) is 0 Å². The highest BCUT2D eigenvalue weighted by Crippen LogP contribution is 2.19. The molecule has 0 aliphatic rings. The Labute approximate surface area is 93.3 Å². The first kappa shape index (κ1) is 10.9. The van der Waals surface area contributed by atoms with Gasteiger partial charge in [0.1, 0.15) is 11.6 Å². The molecule has 0 aliphatic heterocycles. The smallest absolute Gasteiger partial charge is 0.123 e. The number of benzene rings is 1. The number of furan rings is 1. The second-order valence-corrected chi connectivity index (χ2v) is 3.69. The molecule has 0 bridgehead atoms. The standard InChI is InChI=1S/C13H13FO2/c14-11-4-1-3-10(9-11)13(15)7-6-12-5-2-8-16-12/h1-5,8-9,13,15H,6-7H2. The van der Waals surface area contributed by atoms with Crippen LogP contribution >= 0.6 is 0 Å². The summed E-state index contributed by atoms with van der Waals surface area (Å²) in [6.07, 6.45) is 2.12. The van der Waals surface area contributed by atoms with Crippen LogP contribution in [0.5, 0.6) is 0 Å². The number of aliphatic hydroxyl groups excluding tert-OH is 1. The van der Waals surface area contributed by atoms with Crippen LogP contribution in [0.1, 0.15) is 23.8 Å². The van der Waals surface area contributed by atoms with Crippen molar-refractivity contribution >= 4 is 0 Å². The summed E-state index contributed by atoms with van der Waals surface area (Å²) in [7, 11) is 0. The van der Waals surface area contributed by atoms with E-state index in [-0.39, 0.29) is 5.82 Å². The number of hydrogen-bond donors (Lipinski definition) is 1. The summed E-state index contributed by atoms with van der Waals surface area (Å²) in [5.74, 6) is 0.505. The topological polar surface area (TPSA) is 33.4 Å². The Balaban J connectivity index is 1.95. The molecule has 1 unspecified atom stereocenters. The molecule has 1 atom stereocenters. The van der Waals surface area contributed by atoms with E-state index in [2.05, 4.69) is 0 Å². The lowest BCUT2D eigenvalue weighted by Gasteiger charge is -2.09. The van der Waals surface area contributed by atoms with Gasteiger partial charge in [0, 0.05) is 6.42 Å². The van der Waals surface area contributed by atoms with Crippen LogP contribution < -0.4 is 0 Å². The minimum absolute atomic E-state index is 0.324. The zero-order chi connectivity index (χ0) is 11.4. The highest BCUT2D eigenvalue weighted by atomic mass is 19.1. The van der Waals surface area contributed by atoms with Crippen LogP contribution in [0.2, 0.25) is 0 Å². The molecule has 0 aliphatic carbocycles.